The Hall–Kier alpha value is -0.130. The highest BCUT2D eigenvalue weighted by Gasteiger charge is 2.33. The monoisotopic (exact) mass is 288 g/mol. The van der Waals surface area contributed by atoms with Crippen molar-refractivity contribution < 1.29 is 8.42 Å². The summed E-state index contributed by atoms with van der Waals surface area (Å²) in [6.45, 7) is 6.77. The van der Waals surface area contributed by atoms with E-state index in [1.807, 2.05) is 0 Å². The van der Waals surface area contributed by atoms with Crippen LogP contribution in [-0.4, -0.2) is 44.2 Å². The van der Waals surface area contributed by atoms with E-state index < -0.39 is 10.0 Å². The average molecular weight is 288 g/mol. The topological polar surface area (TPSA) is 49.4 Å². The number of rotatable bonds is 4. The Balaban J connectivity index is 1.87. The fourth-order valence-electron chi connectivity index (χ4n) is 3.20. The molecule has 0 amide bonds. The van der Waals surface area contributed by atoms with Gasteiger partial charge in [-0.15, -0.1) is 0 Å². The zero-order chi connectivity index (χ0) is 13.9. The van der Waals surface area contributed by atoms with Crippen LogP contribution >= 0.6 is 0 Å². The first-order valence-corrected chi connectivity index (χ1v) is 9.21. The summed E-state index contributed by atoms with van der Waals surface area (Å²) in [4.78, 5) is 0. The van der Waals surface area contributed by atoms with Crippen molar-refractivity contribution in [2.45, 2.75) is 58.4 Å². The van der Waals surface area contributed by atoms with Crippen LogP contribution in [0.4, 0.5) is 0 Å². The molecular weight excluding hydrogens is 260 g/mol. The van der Waals surface area contributed by atoms with E-state index in [1.165, 1.54) is 12.8 Å². The third-order valence-corrected chi connectivity index (χ3v) is 6.25. The highest BCUT2D eigenvalue weighted by atomic mass is 32.2. The summed E-state index contributed by atoms with van der Waals surface area (Å²) in [7, 11) is -3.06. The van der Waals surface area contributed by atoms with Crippen LogP contribution < -0.4 is 5.32 Å². The maximum Gasteiger partial charge on any atom is 0.214 e. The van der Waals surface area contributed by atoms with Gasteiger partial charge in [-0.1, -0.05) is 20.3 Å². The molecule has 2 aliphatic rings. The van der Waals surface area contributed by atoms with Crippen LogP contribution in [0.5, 0.6) is 0 Å². The smallest absolute Gasteiger partial charge is 0.214 e. The van der Waals surface area contributed by atoms with Gasteiger partial charge in [0, 0.05) is 19.1 Å². The van der Waals surface area contributed by atoms with Crippen molar-refractivity contribution in [3.8, 4) is 0 Å². The summed E-state index contributed by atoms with van der Waals surface area (Å²) in [6.07, 6.45) is 6.47. The molecule has 2 fully saturated rings. The van der Waals surface area contributed by atoms with Crippen molar-refractivity contribution in [1.82, 2.24) is 9.62 Å². The van der Waals surface area contributed by atoms with Gasteiger partial charge in [0.25, 0.3) is 0 Å². The van der Waals surface area contributed by atoms with E-state index in [9.17, 15) is 8.42 Å². The Kier molecular flexibility index (Phi) is 4.90. The van der Waals surface area contributed by atoms with Crippen LogP contribution in [-0.2, 0) is 10.0 Å². The number of piperidine rings is 2. The number of nitrogens with zero attached hydrogens (tertiary/aromatic N) is 1. The van der Waals surface area contributed by atoms with Crippen molar-refractivity contribution >= 4 is 10.0 Å². The molecule has 19 heavy (non-hydrogen) atoms. The normalized spacial score (nSPS) is 29.3. The molecule has 1 unspecified atom stereocenters. The molecule has 2 rings (SSSR count). The van der Waals surface area contributed by atoms with Gasteiger partial charge in [0.15, 0.2) is 0 Å². The van der Waals surface area contributed by atoms with E-state index in [-0.39, 0.29) is 5.41 Å². The number of hydrogen-bond donors (Lipinski definition) is 1. The van der Waals surface area contributed by atoms with Crippen molar-refractivity contribution in [2.75, 3.05) is 25.4 Å². The Labute approximate surface area is 118 Å². The minimum absolute atomic E-state index is 0.133. The molecular formula is C14H28N2O2S. The lowest BCUT2D eigenvalue weighted by Gasteiger charge is -2.37. The van der Waals surface area contributed by atoms with Gasteiger partial charge in [0.05, 0.1) is 5.75 Å². The van der Waals surface area contributed by atoms with Gasteiger partial charge in [0.2, 0.25) is 10.0 Å². The van der Waals surface area contributed by atoms with E-state index in [4.69, 9.17) is 0 Å². The van der Waals surface area contributed by atoms with Gasteiger partial charge in [-0.05, 0) is 44.1 Å². The van der Waals surface area contributed by atoms with Crippen molar-refractivity contribution in [2.24, 2.45) is 5.41 Å². The molecule has 1 N–H and O–H groups in total. The summed E-state index contributed by atoms with van der Waals surface area (Å²) in [5.74, 6) is 0.306. The highest BCUT2D eigenvalue weighted by Crippen LogP contribution is 2.30. The molecule has 0 spiro atoms. The zero-order valence-electron chi connectivity index (χ0n) is 12.3. The SMILES string of the molecule is CC1(C)CCCN(S(=O)(=O)CCC2CCCCN2)C1. The molecule has 0 bridgehead atoms. The van der Waals surface area contributed by atoms with Gasteiger partial charge in [-0.25, -0.2) is 12.7 Å². The van der Waals surface area contributed by atoms with E-state index in [2.05, 4.69) is 19.2 Å². The third-order valence-electron chi connectivity index (χ3n) is 4.40. The maximum atomic E-state index is 12.4. The van der Waals surface area contributed by atoms with Crippen molar-refractivity contribution in [3.63, 3.8) is 0 Å². The largest absolute Gasteiger partial charge is 0.314 e. The predicted octanol–water partition coefficient (Wildman–Crippen LogP) is 1.97. The fourth-order valence-corrected chi connectivity index (χ4v) is 4.99. The molecule has 0 aromatic rings. The summed E-state index contributed by atoms with van der Waals surface area (Å²) >= 11 is 0. The van der Waals surface area contributed by atoms with E-state index in [1.54, 1.807) is 4.31 Å². The van der Waals surface area contributed by atoms with Crippen LogP contribution in [0, 0.1) is 5.41 Å². The van der Waals surface area contributed by atoms with E-state index in [0.717, 1.165) is 32.2 Å². The Morgan fingerprint density at radius 3 is 2.68 bits per heavy atom. The Bertz CT molecular complexity index is 386. The number of sulfonamides is 1. The molecule has 0 aliphatic carbocycles. The number of hydrogen-bond acceptors (Lipinski definition) is 3. The van der Waals surface area contributed by atoms with Crippen LogP contribution in [0.3, 0.4) is 0 Å². The van der Waals surface area contributed by atoms with Crippen LogP contribution in [0.1, 0.15) is 52.4 Å². The quantitative estimate of drug-likeness (QED) is 0.860. The Morgan fingerprint density at radius 2 is 2.05 bits per heavy atom. The zero-order valence-corrected chi connectivity index (χ0v) is 13.1. The summed E-state index contributed by atoms with van der Waals surface area (Å²) in [5, 5.41) is 3.43. The lowest BCUT2D eigenvalue weighted by atomic mass is 9.85. The molecule has 112 valence electrons. The average Bonchev–Trinajstić information content (AvgIpc) is 2.37. The molecule has 4 nitrogen and oxygen atoms in total. The first-order chi connectivity index (χ1) is 8.89. The second kappa shape index (κ2) is 6.10. The molecule has 2 saturated heterocycles. The Morgan fingerprint density at radius 1 is 1.26 bits per heavy atom. The minimum atomic E-state index is -3.06. The standard InChI is InChI=1S/C14H28N2O2S/c1-14(2)8-5-10-16(12-14)19(17,18)11-7-13-6-3-4-9-15-13/h13,15H,3-12H2,1-2H3. The van der Waals surface area contributed by atoms with Gasteiger partial charge in [-0.2, -0.15) is 0 Å². The van der Waals surface area contributed by atoms with Crippen LogP contribution in [0.15, 0.2) is 0 Å². The fraction of sp³-hybridized carbons (Fsp3) is 1.00. The minimum Gasteiger partial charge on any atom is -0.314 e. The summed E-state index contributed by atoms with van der Waals surface area (Å²) in [5.41, 5.74) is 0.133. The highest BCUT2D eigenvalue weighted by molar-refractivity contribution is 7.89. The van der Waals surface area contributed by atoms with Gasteiger partial charge >= 0.3 is 0 Å². The molecule has 1 atom stereocenters. The third kappa shape index (κ3) is 4.43. The van der Waals surface area contributed by atoms with Crippen molar-refractivity contribution in [1.29, 1.82) is 0 Å². The molecule has 0 saturated carbocycles. The molecule has 2 heterocycles. The second-order valence-corrected chi connectivity index (χ2v) is 8.94. The van der Waals surface area contributed by atoms with Gasteiger partial charge in [-0.3, -0.25) is 0 Å². The summed E-state index contributed by atoms with van der Waals surface area (Å²) < 4.78 is 26.5. The molecule has 0 aromatic carbocycles. The lowest BCUT2D eigenvalue weighted by Crippen LogP contribution is -2.45. The maximum absolute atomic E-state index is 12.4. The van der Waals surface area contributed by atoms with Crippen molar-refractivity contribution in [3.05, 3.63) is 0 Å². The predicted molar refractivity (Wildman–Crippen MR) is 78.6 cm³/mol. The first kappa shape index (κ1) is 15.3. The van der Waals surface area contributed by atoms with Gasteiger partial charge < -0.3 is 5.32 Å². The molecule has 0 aromatic heterocycles. The van der Waals surface area contributed by atoms with Crippen LogP contribution in [0.2, 0.25) is 0 Å². The number of nitrogens with one attached hydrogen (secondary N) is 1. The van der Waals surface area contributed by atoms with E-state index >= 15 is 0 Å². The molecule has 0 radical (unpaired) electrons. The van der Waals surface area contributed by atoms with Gasteiger partial charge in [0.1, 0.15) is 0 Å². The summed E-state index contributed by atoms with van der Waals surface area (Å²) in [6, 6.07) is 0.404. The van der Waals surface area contributed by atoms with Crippen LogP contribution in [0.25, 0.3) is 0 Å². The second-order valence-electron chi connectivity index (χ2n) is 6.85. The molecule has 5 heteroatoms. The lowest BCUT2D eigenvalue weighted by molar-refractivity contribution is 0.186. The first-order valence-electron chi connectivity index (χ1n) is 7.60. The van der Waals surface area contributed by atoms with E-state index in [0.29, 0.717) is 24.9 Å². The molecule has 2 aliphatic heterocycles.